The third-order valence-electron chi connectivity index (χ3n) is 1.49. The second kappa shape index (κ2) is 4.74. The predicted molar refractivity (Wildman–Crippen MR) is 43.4 cm³/mol. The molecule has 72 valence electrons. The number of carbonyl (C=O) groups is 2. The van der Waals surface area contributed by atoms with E-state index >= 15 is 0 Å². The molecular formula is C8H11NO4. The lowest BCUT2D eigenvalue weighted by Crippen LogP contribution is -2.32. The molecule has 0 aromatic heterocycles. The van der Waals surface area contributed by atoms with E-state index in [9.17, 15) is 9.59 Å². The highest BCUT2D eigenvalue weighted by Crippen LogP contribution is 2.02. The number of hydrogen-bond acceptors (Lipinski definition) is 4. The molecule has 0 saturated heterocycles. The summed E-state index contributed by atoms with van der Waals surface area (Å²) in [6, 6.07) is 0. The van der Waals surface area contributed by atoms with Crippen LogP contribution in [-0.2, 0) is 19.1 Å². The minimum absolute atomic E-state index is 0.0509. The molecule has 0 fully saturated rings. The lowest BCUT2D eigenvalue weighted by molar-refractivity contribution is -0.148. The predicted octanol–water partition coefficient (Wildman–Crippen LogP) is -0.121. The Morgan fingerprint density at radius 3 is 2.38 bits per heavy atom. The smallest absolute Gasteiger partial charge is 0.255 e. The Morgan fingerprint density at radius 1 is 1.23 bits per heavy atom. The van der Waals surface area contributed by atoms with E-state index in [1.807, 2.05) is 6.92 Å². The monoisotopic (exact) mass is 185 g/mol. The van der Waals surface area contributed by atoms with Crippen molar-refractivity contribution in [2.24, 2.45) is 0 Å². The van der Waals surface area contributed by atoms with Crippen molar-refractivity contribution in [3.63, 3.8) is 0 Å². The Bertz CT molecular complexity index is 218. The first-order valence-electron chi connectivity index (χ1n) is 3.94. The number of ether oxygens (including phenoxy) is 2. The molecule has 0 aromatic carbocycles. The summed E-state index contributed by atoms with van der Waals surface area (Å²) < 4.78 is 9.79. The quantitative estimate of drug-likeness (QED) is 0.340. The Kier molecular flexibility index (Phi) is 3.60. The van der Waals surface area contributed by atoms with Crippen LogP contribution in [0.5, 0.6) is 0 Å². The summed E-state index contributed by atoms with van der Waals surface area (Å²) in [7, 11) is 0. The maximum atomic E-state index is 10.9. The first-order valence-corrected chi connectivity index (χ1v) is 3.94. The van der Waals surface area contributed by atoms with Crippen LogP contribution in [0.2, 0.25) is 0 Å². The molecule has 0 unspecified atom stereocenters. The van der Waals surface area contributed by atoms with Gasteiger partial charge in [0.15, 0.2) is 0 Å². The average Bonchev–Trinajstić information content (AvgIpc) is 2.42. The second-order valence-electron chi connectivity index (χ2n) is 2.38. The molecule has 1 aliphatic rings. The molecule has 0 aromatic rings. The summed E-state index contributed by atoms with van der Waals surface area (Å²) in [6.45, 7) is 2.41. The van der Waals surface area contributed by atoms with Crippen LogP contribution in [0.4, 0.5) is 0 Å². The highest BCUT2D eigenvalue weighted by Gasteiger charge is 2.22. The zero-order chi connectivity index (χ0) is 9.68. The van der Waals surface area contributed by atoms with Gasteiger partial charge in [0.25, 0.3) is 11.8 Å². The first kappa shape index (κ1) is 9.88. The number of nitrogens with zero attached hydrogens (tertiary/aromatic N) is 1. The van der Waals surface area contributed by atoms with Gasteiger partial charge in [-0.2, -0.15) is 0 Å². The topological polar surface area (TPSA) is 55.8 Å². The Hall–Kier alpha value is -1.20. The molecule has 2 amide bonds. The van der Waals surface area contributed by atoms with Crippen LogP contribution in [0.3, 0.4) is 0 Å². The van der Waals surface area contributed by atoms with Crippen LogP contribution in [-0.4, -0.2) is 36.8 Å². The molecular weight excluding hydrogens is 174 g/mol. The van der Waals surface area contributed by atoms with Crippen molar-refractivity contribution in [3.05, 3.63) is 12.2 Å². The van der Waals surface area contributed by atoms with Crippen molar-refractivity contribution in [1.82, 2.24) is 4.90 Å². The van der Waals surface area contributed by atoms with Gasteiger partial charge in [0.1, 0.15) is 13.5 Å². The fourth-order valence-electron chi connectivity index (χ4n) is 0.829. The second-order valence-corrected chi connectivity index (χ2v) is 2.38. The number of amides is 2. The average molecular weight is 185 g/mol. The van der Waals surface area contributed by atoms with Gasteiger partial charge in [-0.15, -0.1) is 0 Å². The van der Waals surface area contributed by atoms with Crippen LogP contribution < -0.4 is 0 Å². The summed E-state index contributed by atoms with van der Waals surface area (Å²) >= 11 is 0. The normalized spacial score (nSPS) is 15.9. The number of imide groups is 1. The molecule has 5 nitrogen and oxygen atoms in total. The maximum absolute atomic E-state index is 10.9. The van der Waals surface area contributed by atoms with Gasteiger partial charge < -0.3 is 9.47 Å². The number of rotatable bonds is 5. The molecule has 0 aliphatic carbocycles. The fraction of sp³-hybridized carbons (Fsp3) is 0.500. The standard InChI is InChI=1S/C8H11NO4/c1-2-12-6-13-5-9-7(10)3-4-8(9)11/h3-4H,2,5-6H2,1H3. The van der Waals surface area contributed by atoms with Crippen LogP contribution in [0, 0.1) is 0 Å². The molecule has 1 aliphatic heterocycles. The molecule has 0 atom stereocenters. The molecule has 5 heteroatoms. The first-order chi connectivity index (χ1) is 6.25. The summed E-state index contributed by atoms with van der Waals surface area (Å²) in [4.78, 5) is 22.9. The van der Waals surface area contributed by atoms with Crippen molar-refractivity contribution in [3.8, 4) is 0 Å². The van der Waals surface area contributed by atoms with E-state index in [0.717, 1.165) is 4.90 Å². The van der Waals surface area contributed by atoms with Crippen LogP contribution in [0.15, 0.2) is 12.2 Å². The third kappa shape index (κ3) is 2.64. The van der Waals surface area contributed by atoms with Gasteiger partial charge in [-0.05, 0) is 6.92 Å². The van der Waals surface area contributed by atoms with Gasteiger partial charge in [-0.3, -0.25) is 14.5 Å². The van der Waals surface area contributed by atoms with E-state index in [2.05, 4.69) is 0 Å². The largest absolute Gasteiger partial charge is 0.356 e. The minimum Gasteiger partial charge on any atom is -0.356 e. The van der Waals surface area contributed by atoms with E-state index in [-0.39, 0.29) is 25.3 Å². The summed E-state index contributed by atoms with van der Waals surface area (Å²) in [5.41, 5.74) is 0. The molecule has 1 heterocycles. The zero-order valence-corrected chi connectivity index (χ0v) is 7.36. The number of carbonyl (C=O) groups excluding carboxylic acids is 2. The Morgan fingerprint density at radius 2 is 1.85 bits per heavy atom. The molecule has 0 saturated carbocycles. The molecule has 13 heavy (non-hydrogen) atoms. The van der Waals surface area contributed by atoms with Crippen molar-refractivity contribution >= 4 is 11.8 Å². The summed E-state index contributed by atoms with van der Waals surface area (Å²) in [5, 5.41) is 0. The van der Waals surface area contributed by atoms with E-state index in [4.69, 9.17) is 9.47 Å². The van der Waals surface area contributed by atoms with E-state index in [1.54, 1.807) is 0 Å². The summed E-state index contributed by atoms with van der Waals surface area (Å²) in [6.07, 6.45) is 2.43. The van der Waals surface area contributed by atoms with Gasteiger partial charge in [0.2, 0.25) is 0 Å². The Balaban J connectivity index is 2.22. The van der Waals surface area contributed by atoms with E-state index in [0.29, 0.717) is 6.61 Å². The van der Waals surface area contributed by atoms with Crippen molar-refractivity contribution in [2.75, 3.05) is 20.1 Å². The molecule has 0 N–H and O–H groups in total. The lowest BCUT2D eigenvalue weighted by Gasteiger charge is -2.13. The van der Waals surface area contributed by atoms with E-state index in [1.165, 1.54) is 12.2 Å². The van der Waals surface area contributed by atoms with Gasteiger partial charge in [0, 0.05) is 18.8 Å². The van der Waals surface area contributed by atoms with Crippen LogP contribution >= 0.6 is 0 Å². The van der Waals surface area contributed by atoms with Gasteiger partial charge in [0.05, 0.1) is 0 Å². The Labute approximate surface area is 75.9 Å². The van der Waals surface area contributed by atoms with Crippen molar-refractivity contribution < 1.29 is 19.1 Å². The fourth-order valence-corrected chi connectivity index (χ4v) is 0.829. The van der Waals surface area contributed by atoms with Crippen molar-refractivity contribution in [1.29, 1.82) is 0 Å². The van der Waals surface area contributed by atoms with Crippen molar-refractivity contribution in [2.45, 2.75) is 6.92 Å². The highest BCUT2D eigenvalue weighted by molar-refractivity contribution is 6.12. The zero-order valence-electron chi connectivity index (χ0n) is 7.36. The number of hydrogen-bond donors (Lipinski definition) is 0. The molecule has 1 rings (SSSR count). The highest BCUT2D eigenvalue weighted by atomic mass is 16.7. The molecule has 0 radical (unpaired) electrons. The molecule has 0 bridgehead atoms. The van der Waals surface area contributed by atoms with Gasteiger partial charge >= 0.3 is 0 Å². The maximum Gasteiger partial charge on any atom is 0.255 e. The van der Waals surface area contributed by atoms with Gasteiger partial charge in [-0.1, -0.05) is 0 Å². The van der Waals surface area contributed by atoms with E-state index < -0.39 is 0 Å². The summed E-state index contributed by atoms with van der Waals surface area (Å²) in [5.74, 6) is -0.692. The minimum atomic E-state index is -0.346. The third-order valence-corrected chi connectivity index (χ3v) is 1.49. The van der Waals surface area contributed by atoms with Crippen LogP contribution in [0.25, 0.3) is 0 Å². The van der Waals surface area contributed by atoms with Crippen LogP contribution in [0.1, 0.15) is 6.92 Å². The lowest BCUT2D eigenvalue weighted by atomic mass is 10.6. The van der Waals surface area contributed by atoms with Gasteiger partial charge in [-0.25, -0.2) is 0 Å². The molecule has 0 spiro atoms. The SMILES string of the molecule is CCOCOCN1C(=O)C=CC1=O.